The summed E-state index contributed by atoms with van der Waals surface area (Å²) in [6.45, 7) is 0. The standard InChI is InChI=1S/C21H16N2S/c22-21-23-19(20(24-21)18-9-5-2-6-10-18)17-13-11-16(12-14-17)15-7-3-1-4-8-15/h1-14H,(H2,22,23). The number of hydrogen-bond donors (Lipinski definition) is 1. The summed E-state index contributed by atoms with van der Waals surface area (Å²) in [6, 6.07) is 29.1. The van der Waals surface area contributed by atoms with Crippen molar-refractivity contribution in [2.24, 2.45) is 0 Å². The summed E-state index contributed by atoms with van der Waals surface area (Å²) in [5, 5.41) is 0.594. The third kappa shape index (κ3) is 2.82. The van der Waals surface area contributed by atoms with Crippen molar-refractivity contribution in [2.45, 2.75) is 0 Å². The molecular formula is C21H16N2S. The van der Waals surface area contributed by atoms with Crippen LogP contribution in [0.25, 0.3) is 32.8 Å². The van der Waals surface area contributed by atoms with Crippen molar-refractivity contribution in [1.29, 1.82) is 0 Å². The zero-order valence-corrected chi connectivity index (χ0v) is 13.8. The predicted molar refractivity (Wildman–Crippen MR) is 103 cm³/mol. The van der Waals surface area contributed by atoms with Crippen molar-refractivity contribution in [1.82, 2.24) is 4.98 Å². The highest BCUT2D eigenvalue weighted by atomic mass is 32.1. The largest absolute Gasteiger partial charge is 0.375 e. The monoisotopic (exact) mass is 328 g/mol. The van der Waals surface area contributed by atoms with Crippen molar-refractivity contribution >= 4 is 16.5 Å². The average Bonchev–Trinajstić information content (AvgIpc) is 3.05. The third-order valence-electron chi connectivity index (χ3n) is 3.95. The first kappa shape index (κ1) is 14.7. The molecule has 3 heteroatoms. The fourth-order valence-electron chi connectivity index (χ4n) is 2.77. The van der Waals surface area contributed by atoms with Crippen molar-refractivity contribution in [3.05, 3.63) is 84.9 Å². The van der Waals surface area contributed by atoms with Gasteiger partial charge in [-0.05, 0) is 16.7 Å². The maximum absolute atomic E-state index is 5.98. The molecule has 4 aromatic rings. The van der Waals surface area contributed by atoms with E-state index in [0.717, 1.165) is 21.7 Å². The van der Waals surface area contributed by atoms with Crippen LogP contribution >= 0.6 is 11.3 Å². The quantitative estimate of drug-likeness (QED) is 0.522. The zero-order chi connectivity index (χ0) is 16.4. The number of thiazole rings is 1. The van der Waals surface area contributed by atoms with E-state index in [4.69, 9.17) is 5.73 Å². The average molecular weight is 328 g/mol. The minimum atomic E-state index is 0.594. The molecule has 0 fully saturated rings. The molecule has 0 spiro atoms. The lowest BCUT2D eigenvalue weighted by atomic mass is 10.0. The van der Waals surface area contributed by atoms with Crippen LogP contribution in [0.4, 0.5) is 5.13 Å². The summed E-state index contributed by atoms with van der Waals surface area (Å²) in [6.07, 6.45) is 0. The summed E-state index contributed by atoms with van der Waals surface area (Å²) < 4.78 is 0. The zero-order valence-electron chi connectivity index (χ0n) is 13.0. The van der Waals surface area contributed by atoms with Crippen LogP contribution in [0, 0.1) is 0 Å². The Labute approximate surface area is 145 Å². The van der Waals surface area contributed by atoms with E-state index >= 15 is 0 Å². The minimum absolute atomic E-state index is 0.594. The molecule has 24 heavy (non-hydrogen) atoms. The van der Waals surface area contributed by atoms with Gasteiger partial charge in [-0.2, -0.15) is 0 Å². The highest BCUT2D eigenvalue weighted by Crippen LogP contribution is 2.38. The molecule has 3 aromatic carbocycles. The number of nitrogens with two attached hydrogens (primary N) is 1. The van der Waals surface area contributed by atoms with E-state index in [2.05, 4.69) is 65.6 Å². The molecule has 1 aromatic heterocycles. The number of nitrogen functional groups attached to an aromatic ring is 1. The van der Waals surface area contributed by atoms with Gasteiger partial charge in [0.25, 0.3) is 0 Å². The van der Waals surface area contributed by atoms with Gasteiger partial charge in [0.15, 0.2) is 5.13 Å². The molecule has 0 aliphatic heterocycles. The van der Waals surface area contributed by atoms with Crippen molar-refractivity contribution in [2.75, 3.05) is 5.73 Å². The summed E-state index contributed by atoms with van der Waals surface area (Å²) >= 11 is 1.53. The highest BCUT2D eigenvalue weighted by molar-refractivity contribution is 7.19. The van der Waals surface area contributed by atoms with Crippen LogP contribution in [-0.2, 0) is 0 Å². The Morgan fingerprint density at radius 2 is 1.08 bits per heavy atom. The van der Waals surface area contributed by atoms with Gasteiger partial charge in [-0.1, -0.05) is 96.3 Å². The van der Waals surface area contributed by atoms with Gasteiger partial charge >= 0.3 is 0 Å². The summed E-state index contributed by atoms with van der Waals surface area (Å²) in [5.74, 6) is 0. The molecule has 0 saturated carbocycles. The molecule has 0 atom stereocenters. The maximum atomic E-state index is 5.98. The third-order valence-corrected chi connectivity index (χ3v) is 4.88. The Bertz CT molecular complexity index is 942. The SMILES string of the molecule is Nc1nc(-c2ccc(-c3ccccc3)cc2)c(-c2ccccc2)s1. The highest BCUT2D eigenvalue weighted by Gasteiger charge is 2.13. The number of nitrogens with zero attached hydrogens (tertiary/aromatic N) is 1. The summed E-state index contributed by atoms with van der Waals surface area (Å²) in [4.78, 5) is 5.67. The molecular weight excluding hydrogens is 312 g/mol. The van der Waals surface area contributed by atoms with Crippen LogP contribution in [-0.4, -0.2) is 4.98 Å². The van der Waals surface area contributed by atoms with Gasteiger partial charge in [-0.15, -0.1) is 0 Å². The normalized spacial score (nSPS) is 10.7. The molecule has 1 heterocycles. The van der Waals surface area contributed by atoms with Crippen LogP contribution in [0.15, 0.2) is 84.9 Å². The Morgan fingerprint density at radius 1 is 0.583 bits per heavy atom. The first-order valence-corrected chi connectivity index (χ1v) is 8.60. The molecule has 0 bridgehead atoms. The fraction of sp³-hybridized carbons (Fsp3) is 0. The van der Waals surface area contributed by atoms with E-state index in [9.17, 15) is 0 Å². The Kier molecular flexibility index (Phi) is 3.85. The fourth-order valence-corrected chi connectivity index (χ4v) is 3.63. The van der Waals surface area contributed by atoms with Crippen molar-refractivity contribution in [3.8, 4) is 32.8 Å². The van der Waals surface area contributed by atoms with Crippen molar-refractivity contribution < 1.29 is 0 Å². The van der Waals surface area contributed by atoms with Gasteiger partial charge in [0.2, 0.25) is 0 Å². The number of hydrogen-bond acceptors (Lipinski definition) is 3. The van der Waals surface area contributed by atoms with Gasteiger partial charge < -0.3 is 5.73 Å². The summed E-state index contributed by atoms with van der Waals surface area (Å²) in [5.41, 5.74) is 11.6. The van der Waals surface area contributed by atoms with Crippen LogP contribution in [0.3, 0.4) is 0 Å². The van der Waals surface area contributed by atoms with E-state index in [0.29, 0.717) is 5.13 Å². The van der Waals surface area contributed by atoms with Crippen LogP contribution in [0.2, 0.25) is 0 Å². The molecule has 0 aliphatic rings. The maximum Gasteiger partial charge on any atom is 0.181 e. The lowest BCUT2D eigenvalue weighted by Gasteiger charge is -2.05. The minimum Gasteiger partial charge on any atom is -0.375 e. The Morgan fingerprint density at radius 3 is 1.71 bits per heavy atom. The molecule has 4 rings (SSSR count). The first-order valence-electron chi connectivity index (χ1n) is 7.79. The van der Waals surface area contributed by atoms with Crippen LogP contribution in [0.5, 0.6) is 0 Å². The molecule has 0 amide bonds. The lowest BCUT2D eigenvalue weighted by Crippen LogP contribution is -1.85. The topological polar surface area (TPSA) is 38.9 Å². The molecule has 2 nitrogen and oxygen atoms in total. The van der Waals surface area contributed by atoms with Crippen LogP contribution < -0.4 is 5.73 Å². The molecule has 0 saturated heterocycles. The van der Waals surface area contributed by atoms with Crippen molar-refractivity contribution in [3.63, 3.8) is 0 Å². The molecule has 0 radical (unpaired) electrons. The second-order valence-electron chi connectivity index (χ2n) is 5.54. The molecule has 116 valence electrons. The summed E-state index contributed by atoms with van der Waals surface area (Å²) in [7, 11) is 0. The van der Waals surface area contributed by atoms with Gasteiger partial charge in [-0.25, -0.2) is 4.98 Å². The Hall–Kier alpha value is -2.91. The van der Waals surface area contributed by atoms with Crippen LogP contribution in [0.1, 0.15) is 0 Å². The Balaban J connectivity index is 1.75. The van der Waals surface area contributed by atoms with E-state index in [-0.39, 0.29) is 0 Å². The van der Waals surface area contributed by atoms with E-state index in [1.54, 1.807) is 0 Å². The van der Waals surface area contributed by atoms with E-state index in [1.807, 2.05) is 24.3 Å². The predicted octanol–water partition coefficient (Wildman–Crippen LogP) is 5.73. The second-order valence-corrected chi connectivity index (χ2v) is 6.57. The lowest BCUT2D eigenvalue weighted by molar-refractivity contribution is 1.41. The number of aromatic nitrogens is 1. The molecule has 2 N–H and O–H groups in total. The van der Waals surface area contributed by atoms with Gasteiger partial charge in [-0.3, -0.25) is 0 Å². The number of rotatable bonds is 3. The van der Waals surface area contributed by atoms with Gasteiger partial charge in [0.05, 0.1) is 10.6 Å². The van der Waals surface area contributed by atoms with E-state index in [1.165, 1.54) is 22.5 Å². The molecule has 0 unspecified atom stereocenters. The number of benzene rings is 3. The van der Waals surface area contributed by atoms with Gasteiger partial charge in [0, 0.05) is 5.56 Å². The molecule has 0 aliphatic carbocycles. The second kappa shape index (κ2) is 6.30. The number of anilines is 1. The van der Waals surface area contributed by atoms with Gasteiger partial charge in [0.1, 0.15) is 0 Å². The first-order chi connectivity index (χ1) is 11.8. The van der Waals surface area contributed by atoms with E-state index < -0.39 is 0 Å². The smallest absolute Gasteiger partial charge is 0.181 e.